The molecule has 2 rings (SSSR count). The van der Waals surface area contributed by atoms with Gasteiger partial charge in [-0.25, -0.2) is 4.39 Å². The number of benzene rings is 1. The molecule has 94 valence electrons. The Morgan fingerprint density at radius 1 is 1.39 bits per heavy atom. The molecule has 6 heteroatoms. The van der Waals surface area contributed by atoms with Gasteiger partial charge in [-0.15, -0.1) is 0 Å². The molecular weight excluding hydrogens is 322 g/mol. The van der Waals surface area contributed by atoms with Crippen LogP contribution in [0.1, 0.15) is 5.69 Å². The second-order valence-corrected chi connectivity index (χ2v) is 4.87. The molecule has 0 amide bonds. The number of aromatic nitrogens is 1. The lowest BCUT2D eigenvalue weighted by atomic mass is 10.3. The van der Waals surface area contributed by atoms with Crippen molar-refractivity contribution in [2.45, 2.75) is 6.54 Å². The molecule has 0 aliphatic heterocycles. The standard InChI is InChI=1S/C12H9BrClFN2O/c13-10-3-7(15)4-11(14)12(10)17-5-8-1-2-9(18)6-16-8/h1-4,6,17-18H,5H2. The van der Waals surface area contributed by atoms with Crippen LogP contribution in [0.2, 0.25) is 5.02 Å². The van der Waals surface area contributed by atoms with Crippen LogP contribution in [0.3, 0.4) is 0 Å². The number of aromatic hydroxyl groups is 1. The van der Waals surface area contributed by atoms with Crippen molar-refractivity contribution in [2.24, 2.45) is 0 Å². The van der Waals surface area contributed by atoms with Crippen molar-refractivity contribution in [3.05, 3.63) is 51.5 Å². The highest BCUT2D eigenvalue weighted by Gasteiger charge is 2.08. The number of halogens is 3. The van der Waals surface area contributed by atoms with Crippen molar-refractivity contribution >= 4 is 33.2 Å². The highest BCUT2D eigenvalue weighted by molar-refractivity contribution is 9.10. The maximum absolute atomic E-state index is 13.0. The number of nitrogens with zero attached hydrogens (tertiary/aromatic N) is 1. The fourth-order valence-corrected chi connectivity index (χ4v) is 2.37. The molecule has 1 aromatic heterocycles. The number of anilines is 1. The fourth-order valence-electron chi connectivity index (χ4n) is 1.41. The molecule has 1 aromatic carbocycles. The summed E-state index contributed by atoms with van der Waals surface area (Å²) in [6, 6.07) is 5.80. The average molecular weight is 332 g/mol. The molecule has 2 N–H and O–H groups in total. The minimum Gasteiger partial charge on any atom is -0.506 e. The van der Waals surface area contributed by atoms with Gasteiger partial charge in [-0.05, 0) is 40.2 Å². The van der Waals surface area contributed by atoms with Crippen molar-refractivity contribution < 1.29 is 9.50 Å². The highest BCUT2D eigenvalue weighted by Crippen LogP contribution is 2.31. The predicted molar refractivity (Wildman–Crippen MR) is 72.3 cm³/mol. The van der Waals surface area contributed by atoms with Crippen LogP contribution in [-0.2, 0) is 6.54 Å². The van der Waals surface area contributed by atoms with Crippen LogP contribution in [0.5, 0.6) is 5.75 Å². The van der Waals surface area contributed by atoms with Gasteiger partial charge in [0.1, 0.15) is 11.6 Å². The van der Waals surface area contributed by atoms with Gasteiger partial charge < -0.3 is 10.4 Å². The molecule has 0 saturated heterocycles. The van der Waals surface area contributed by atoms with Gasteiger partial charge in [0.15, 0.2) is 0 Å². The molecule has 0 spiro atoms. The van der Waals surface area contributed by atoms with Gasteiger partial charge in [0.25, 0.3) is 0 Å². The fraction of sp³-hybridized carbons (Fsp3) is 0.0833. The molecule has 0 bridgehead atoms. The Hall–Kier alpha value is -1.33. The van der Waals surface area contributed by atoms with Crippen molar-refractivity contribution in [3.63, 3.8) is 0 Å². The third-order valence-corrected chi connectivity index (χ3v) is 3.19. The van der Waals surface area contributed by atoms with E-state index in [0.717, 1.165) is 5.69 Å². The maximum atomic E-state index is 13.0. The van der Waals surface area contributed by atoms with Gasteiger partial charge >= 0.3 is 0 Å². The summed E-state index contributed by atoms with van der Waals surface area (Å²) in [5.41, 5.74) is 1.34. The van der Waals surface area contributed by atoms with E-state index < -0.39 is 5.82 Å². The molecule has 0 radical (unpaired) electrons. The van der Waals surface area contributed by atoms with Crippen molar-refractivity contribution in [1.82, 2.24) is 4.98 Å². The number of rotatable bonds is 3. The molecular formula is C12H9BrClFN2O. The number of pyridine rings is 1. The Morgan fingerprint density at radius 2 is 2.17 bits per heavy atom. The summed E-state index contributed by atoms with van der Waals surface area (Å²) in [5, 5.41) is 12.5. The van der Waals surface area contributed by atoms with Crippen LogP contribution in [-0.4, -0.2) is 10.1 Å². The summed E-state index contributed by atoms with van der Waals surface area (Å²) >= 11 is 9.17. The summed E-state index contributed by atoms with van der Waals surface area (Å²) in [6.45, 7) is 0.421. The Labute approximate surface area is 117 Å². The van der Waals surface area contributed by atoms with Gasteiger partial charge in [0, 0.05) is 4.47 Å². The number of hydrogen-bond acceptors (Lipinski definition) is 3. The van der Waals surface area contributed by atoms with Crippen LogP contribution in [0.15, 0.2) is 34.9 Å². The normalized spacial score (nSPS) is 10.4. The van der Waals surface area contributed by atoms with Gasteiger partial charge in [-0.3, -0.25) is 4.98 Å². The first-order valence-corrected chi connectivity index (χ1v) is 6.25. The lowest BCUT2D eigenvalue weighted by Gasteiger charge is -2.10. The van der Waals surface area contributed by atoms with Crippen LogP contribution >= 0.6 is 27.5 Å². The van der Waals surface area contributed by atoms with E-state index in [1.54, 1.807) is 12.1 Å². The molecule has 18 heavy (non-hydrogen) atoms. The lowest BCUT2D eigenvalue weighted by molar-refractivity contribution is 0.472. The minimum absolute atomic E-state index is 0.111. The molecule has 0 saturated carbocycles. The SMILES string of the molecule is Oc1ccc(CNc2c(Cl)cc(F)cc2Br)nc1. The van der Waals surface area contributed by atoms with E-state index in [1.807, 2.05) is 0 Å². The third-order valence-electron chi connectivity index (χ3n) is 2.26. The summed E-state index contributed by atoms with van der Waals surface area (Å²) < 4.78 is 13.6. The van der Waals surface area contributed by atoms with Crippen LogP contribution < -0.4 is 5.32 Å². The van der Waals surface area contributed by atoms with Gasteiger partial charge in [-0.2, -0.15) is 0 Å². The van der Waals surface area contributed by atoms with Crippen molar-refractivity contribution in [1.29, 1.82) is 0 Å². The Kier molecular flexibility index (Phi) is 4.04. The molecule has 3 nitrogen and oxygen atoms in total. The minimum atomic E-state index is -0.403. The first kappa shape index (κ1) is 13.1. The smallest absolute Gasteiger partial charge is 0.133 e. The quantitative estimate of drug-likeness (QED) is 0.895. The van der Waals surface area contributed by atoms with E-state index in [1.165, 1.54) is 18.3 Å². The second-order valence-electron chi connectivity index (χ2n) is 3.61. The van der Waals surface area contributed by atoms with Crippen LogP contribution in [0, 0.1) is 5.82 Å². The Morgan fingerprint density at radius 3 is 2.78 bits per heavy atom. The summed E-state index contributed by atoms with van der Waals surface area (Å²) in [6.07, 6.45) is 1.36. The summed E-state index contributed by atoms with van der Waals surface area (Å²) in [7, 11) is 0. The molecule has 0 aliphatic carbocycles. The lowest BCUT2D eigenvalue weighted by Crippen LogP contribution is -2.02. The molecule has 0 atom stereocenters. The second kappa shape index (κ2) is 5.54. The van der Waals surface area contributed by atoms with Crippen molar-refractivity contribution in [3.8, 4) is 5.75 Å². The van der Waals surface area contributed by atoms with Crippen LogP contribution in [0.25, 0.3) is 0 Å². The molecule has 0 aliphatic rings. The molecule has 2 aromatic rings. The van der Waals surface area contributed by atoms with E-state index >= 15 is 0 Å². The summed E-state index contributed by atoms with van der Waals surface area (Å²) in [4.78, 5) is 4.03. The molecule has 1 heterocycles. The van der Waals surface area contributed by atoms with E-state index in [-0.39, 0.29) is 5.75 Å². The zero-order valence-electron chi connectivity index (χ0n) is 9.12. The summed E-state index contributed by atoms with van der Waals surface area (Å²) in [5.74, 6) is -0.292. The van der Waals surface area contributed by atoms with Gasteiger partial charge in [-0.1, -0.05) is 11.6 Å². The monoisotopic (exact) mass is 330 g/mol. The van der Waals surface area contributed by atoms with Crippen molar-refractivity contribution in [2.75, 3.05) is 5.32 Å². The Balaban J connectivity index is 2.13. The predicted octanol–water partition coefficient (Wildman–Crippen LogP) is 3.95. The van der Waals surface area contributed by atoms with E-state index in [4.69, 9.17) is 16.7 Å². The zero-order chi connectivity index (χ0) is 13.1. The van der Waals surface area contributed by atoms with Gasteiger partial charge in [0.2, 0.25) is 0 Å². The van der Waals surface area contributed by atoms with Crippen LogP contribution in [0.4, 0.5) is 10.1 Å². The first-order valence-electron chi connectivity index (χ1n) is 5.08. The average Bonchev–Trinajstić information content (AvgIpc) is 2.30. The van der Waals surface area contributed by atoms with E-state index in [2.05, 4.69) is 26.2 Å². The largest absolute Gasteiger partial charge is 0.506 e. The topological polar surface area (TPSA) is 45.1 Å². The zero-order valence-corrected chi connectivity index (χ0v) is 11.5. The number of nitrogens with one attached hydrogen (secondary N) is 1. The first-order chi connectivity index (χ1) is 8.56. The Bertz CT molecular complexity index is 539. The highest BCUT2D eigenvalue weighted by atomic mass is 79.9. The molecule has 0 fully saturated rings. The van der Waals surface area contributed by atoms with Gasteiger partial charge in [0.05, 0.1) is 29.1 Å². The maximum Gasteiger partial charge on any atom is 0.133 e. The third kappa shape index (κ3) is 3.11. The molecule has 0 unspecified atom stereocenters. The van der Waals surface area contributed by atoms with E-state index in [0.29, 0.717) is 21.7 Å². The number of hydrogen-bond donors (Lipinski definition) is 2. The van der Waals surface area contributed by atoms with E-state index in [9.17, 15) is 4.39 Å².